The number of carbonyl (C=O) groups is 1. The Balaban J connectivity index is 0.00000272. The summed E-state index contributed by atoms with van der Waals surface area (Å²) in [6.07, 6.45) is 3.42. The van der Waals surface area contributed by atoms with Gasteiger partial charge >= 0.3 is 0 Å². The maximum absolute atomic E-state index is 13.1. The van der Waals surface area contributed by atoms with Crippen LogP contribution in [0.2, 0.25) is 0 Å². The molecule has 160 valence electrons. The van der Waals surface area contributed by atoms with E-state index in [-0.39, 0.29) is 35.6 Å². The monoisotopic (exact) mass is 440 g/mol. The van der Waals surface area contributed by atoms with Gasteiger partial charge in [-0.2, -0.15) is 0 Å². The Hall–Kier alpha value is -3.78. The number of pyridine rings is 2. The number of aromatic amines is 1. The molecule has 4 aromatic rings. The minimum absolute atomic E-state index is 0. The highest BCUT2D eigenvalue weighted by Gasteiger charge is 2.20. The van der Waals surface area contributed by atoms with Gasteiger partial charge in [0.15, 0.2) is 11.5 Å². The van der Waals surface area contributed by atoms with Gasteiger partial charge in [0.05, 0.1) is 36.6 Å². The number of H-pyrrole nitrogens is 1. The van der Waals surface area contributed by atoms with Gasteiger partial charge in [-0.1, -0.05) is 0 Å². The van der Waals surface area contributed by atoms with Crippen LogP contribution < -0.4 is 14.4 Å². The van der Waals surface area contributed by atoms with E-state index in [9.17, 15) is 9.90 Å². The lowest BCUT2D eigenvalue weighted by Gasteiger charge is -2.19. The molecule has 0 atom stereocenters. The lowest BCUT2D eigenvalue weighted by molar-refractivity contribution is 0.0989. The predicted octanol–water partition coefficient (Wildman–Crippen LogP) is 4.05. The number of phenols is 1. The van der Waals surface area contributed by atoms with E-state index < -0.39 is 0 Å². The molecule has 0 radical (unpaired) electrons. The maximum Gasteiger partial charge on any atom is 0.274 e. The van der Waals surface area contributed by atoms with Crippen LogP contribution in [-0.2, 0) is 0 Å². The zero-order chi connectivity index (χ0) is 21.3. The lowest BCUT2D eigenvalue weighted by atomic mass is 10.2. The number of phenolic OH excluding ortho intramolecular Hbond substituents is 1. The first-order chi connectivity index (χ1) is 14.5. The van der Waals surface area contributed by atoms with Crippen molar-refractivity contribution in [2.75, 3.05) is 26.2 Å². The number of hydrogen-bond donors (Lipinski definition) is 2. The van der Waals surface area contributed by atoms with Crippen LogP contribution in [0, 0.1) is 0 Å². The van der Waals surface area contributed by atoms with E-state index in [0.29, 0.717) is 16.9 Å². The van der Waals surface area contributed by atoms with Gasteiger partial charge in [-0.25, -0.2) is 4.98 Å². The molecule has 9 heteroatoms. The molecule has 0 aliphatic carbocycles. The van der Waals surface area contributed by atoms with Crippen LogP contribution in [0.15, 0.2) is 54.9 Å². The Labute approximate surface area is 184 Å². The fourth-order valence-corrected chi connectivity index (χ4v) is 3.18. The van der Waals surface area contributed by atoms with Crippen molar-refractivity contribution in [2.24, 2.45) is 0 Å². The number of halogens is 1. The average Bonchev–Trinajstić information content (AvgIpc) is 3.22. The van der Waals surface area contributed by atoms with Crippen LogP contribution in [0.5, 0.6) is 17.2 Å². The molecule has 0 spiro atoms. The van der Waals surface area contributed by atoms with Crippen molar-refractivity contribution in [3.8, 4) is 28.5 Å². The summed E-state index contributed by atoms with van der Waals surface area (Å²) in [5.74, 6) is 0.0323. The Morgan fingerprint density at radius 3 is 2.29 bits per heavy atom. The number of benzene rings is 1. The van der Waals surface area contributed by atoms with E-state index >= 15 is 0 Å². The third kappa shape index (κ3) is 4.10. The summed E-state index contributed by atoms with van der Waals surface area (Å²) >= 11 is 0. The number of anilines is 1. The maximum atomic E-state index is 13.1. The van der Waals surface area contributed by atoms with Gasteiger partial charge in [0, 0.05) is 37.1 Å². The molecule has 1 aromatic carbocycles. The number of ether oxygens (including phenoxy) is 2. The van der Waals surface area contributed by atoms with Crippen LogP contribution in [0.4, 0.5) is 5.69 Å². The first-order valence-electron chi connectivity index (χ1n) is 9.15. The number of nitrogens with zero attached hydrogens (tertiary/aromatic N) is 3. The number of aromatic hydroxyl groups is 1. The van der Waals surface area contributed by atoms with E-state index in [2.05, 4.69) is 15.0 Å². The van der Waals surface area contributed by atoms with E-state index in [4.69, 9.17) is 9.47 Å². The number of aromatic nitrogens is 3. The van der Waals surface area contributed by atoms with Crippen molar-refractivity contribution < 1.29 is 19.4 Å². The molecule has 31 heavy (non-hydrogen) atoms. The summed E-state index contributed by atoms with van der Waals surface area (Å²) < 4.78 is 10.4. The van der Waals surface area contributed by atoms with Gasteiger partial charge < -0.3 is 24.5 Å². The molecular weight excluding hydrogens is 420 g/mol. The smallest absolute Gasteiger partial charge is 0.274 e. The second kappa shape index (κ2) is 8.93. The molecule has 0 aliphatic rings. The fraction of sp³-hybridized carbons (Fsp3) is 0.136. The van der Waals surface area contributed by atoms with Gasteiger partial charge in [-0.3, -0.25) is 9.78 Å². The van der Waals surface area contributed by atoms with E-state index in [1.54, 1.807) is 37.6 Å². The molecule has 0 unspecified atom stereocenters. The van der Waals surface area contributed by atoms with Crippen molar-refractivity contribution in [3.63, 3.8) is 0 Å². The second-order valence-corrected chi connectivity index (χ2v) is 6.61. The van der Waals surface area contributed by atoms with E-state index in [1.807, 2.05) is 24.3 Å². The minimum atomic E-state index is -0.270. The molecule has 2 N–H and O–H groups in total. The normalized spacial score (nSPS) is 10.4. The standard InChI is InChI=1S/C22H20N4O4.ClH/c1-26(14-10-19(29-2)21(27)20(11-14)30-3)22(28)18-12-17-16(25-18)5-4-15(24-17)13-6-8-23-9-7-13;/h4-12,25,27H,1-3H3;1H. The van der Waals surface area contributed by atoms with Crippen LogP contribution >= 0.6 is 12.4 Å². The topological polar surface area (TPSA) is 101 Å². The molecule has 3 aromatic heterocycles. The summed E-state index contributed by atoms with van der Waals surface area (Å²) in [6.45, 7) is 0. The Morgan fingerprint density at radius 2 is 1.68 bits per heavy atom. The molecule has 3 heterocycles. The third-order valence-corrected chi connectivity index (χ3v) is 4.84. The Bertz CT molecular complexity index is 1200. The molecule has 0 saturated heterocycles. The second-order valence-electron chi connectivity index (χ2n) is 6.61. The SMILES string of the molecule is COc1cc(N(C)C(=O)c2cc3nc(-c4ccncc4)ccc3[nH]2)cc(OC)c1O.Cl. The molecule has 4 rings (SSSR count). The average molecular weight is 441 g/mol. The summed E-state index contributed by atoms with van der Waals surface area (Å²) in [6, 6.07) is 12.4. The molecule has 0 fully saturated rings. The number of rotatable bonds is 5. The van der Waals surface area contributed by atoms with Crippen LogP contribution in [0.1, 0.15) is 10.5 Å². The Morgan fingerprint density at radius 1 is 1.03 bits per heavy atom. The number of hydrogen-bond acceptors (Lipinski definition) is 6. The first-order valence-corrected chi connectivity index (χ1v) is 9.15. The van der Waals surface area contributed by atoms with Gasteiger partial charge in [0.1, 0.15) is 5.69 Å². The summed E-state index contributed by atoms with van der Waals surface area (Å²) in [7, 11) is 4.50. The number of fused-ring (bicyclic) bond motifs is 1. The Kier molecular flexibility index (Phi) is 6.31. The van der Waals surface area contributed by atoms with Crippen molar-refractivity contribution in [2.45, 2.75) is 0 Å². The largest absolute Gasteiger partial charge is 0.502 e. The highest BCUT2D eigenvalue weighted by molar-refractivity contribution is 6.07. The molecular formula is C22H21ClN4O4. The van der Waals surface area contributed by atoms with Crippen molar-refractivity contribution in [3.05, 3.63) is 60.6 Å². The van der Waals surface area contributed by atoms with Crippen molar-refractivity contribution >= 4 is 35.0 Å². The van der Waals surface area contributed by atoms with Gasteiger partial charge in [-0.15, -0.1) is 12.4 Å². The zero-order valence-corrected chi connectivity index (χ0v) is 17.9. The van der Waals surface area contributed by atoms with Gasteiger partial charge in [0.2, 0.25) is 5.75 Å². The quantitative estimate of drug-likeness (QED) is 0.485. The van der Waals surface area contributed by atoms with Crippen LogP contribution in [-0.4, -0.2) is 47.2 Å². The summed E-state index contributed by atoms with van der Waals surface area (Å²) in [4.78, 5) is 26.3. The highest BCUT2D eigenvalue weighted by Crippen LogP contribution is 2.40. The van der Waals surface area contributed by atoms with Crippen molar-refractivity contribution in [1.82, 2.24) is 15.0 Å². The number of nitrogens with one attached hydrogen (secondary N) is 1. The van der Waals surface area contributed by atoms with Crippen LogP contribution in [0.3, 0.4) is 0 Å². The molecule has 8 nitrogen and oxygen atoms in total. The predicted molar refractivity (Wildman–Crippen MR) is 121 cm³/mol. The third-order valence-electron chi connectivity index (χ3n) is 4.84. The molecule has 1 amide bonds. The minimum Gasteiger partial charge on any atom is -0.502 e. The molecule has 0 aliphatic heterocycles. The van der Waals surface area contributed by atoms with Crippen LogP contribution in [0.25, 0.3) is 22.3 Å². The number of amides is 1. The lowest BCUT2D eigenvalue weighted by Crippen LogP contribution is -2.26. The zero-order valence-electron chi connectivity index (χ0n) is 17.1. The molecule has 0 bridgehead atoms. The summed E-state index contributed by atoms with van der Waals surface area (Å²) in [5.41, 5.74) is 4.08. The van der Waals surface area contributed by atoms with E-state index in [1.165, 1.54) is 19.1 Å². The fourth-order valence-electron chi connectivity index (χ4n) is 3.18. The molecule has 0 saturated carbocycles. The summed E-state index contributed by atoms with van der Waals surface area (Å²) in [5, 5.41) is 10.1. The highest BCUT2D eigenvalue weighted by atomic mass is 35.5. The number of carbonyl (C=O) groups excluding carboxylic acids is 1. The van der Waals surface area contributed by atoms with E-state index in [0.717, 1.165) is 16.8 Å². The van der Waals surface area contributed by atoms with Gasteiger partial charge in [0.25, 0.3) is 5.91 Å². The number of methoxy groups -OCH3 is 2. The first kappa shape index (κ1) is 21.9. The van der Waals surface area contributed by atoms with Gasteiger partial charge in [-0.05, 0) is 30.3 Å². The van der Waals surface area contributed by atoms with Crippen molar-refractivity contribution in [1.29, 1.82) is 0 Å².